The Labute approximate surface area is 139 Å². The van der Waals surface area contributed by atoms with Gasteiger partial charge in [0.2, 0.25) is 0 Å². The van der Waals surface area contributed by atoms with Gasteiger partial charge in [-0.1, -0.05) is 12.1 Å². The van der Waals surface area contributed by atoms with Gasteiger partial charge in [0.15, 0.2) is 5.65 Å². The average molecular weight is 325 g/mol. The third kappa shape index (κ3) is 2.69. The monoisotopic (exact) mass is 325 g/mol. The molecule has 1 aliphatic rings. The van der Waals surface area contributed by atoms with Crippen LogP contribution in [0.5, 0.6) is 5.75 Å². The summed E-state index contributed by atoms with van der Waals surface area (Å²) < 4.78 is 12.7. The van der Waals surface area contributed by atoms with Crippen LogP contribution in [0, 0.1) is 0 Å². The van der Waals surface area contributed by atoms with Crippen LogP contribution in [-0.4, -0.2) is 34.4 Å². The van der Waals surface area contributed by atoms with E-state index in [1.54, 1.807) is 17.9 Å². The molecule has 0 aliphatic carbocycles. The van der Waals surface area contributed by atoms with E-state index in [1.165, 1.54) is 0 Å². The lowest BCUT2D eigenvalue weighted by Gasteiger charge is -2.10. The number of imidazole rings is 1. The molecule has 1 fully saturated rings. The molecule has 6 heteroatoms. The first-order valence-electron chi connectivity index (χ1n) is 8.09. The van der Waals surface area contributed by atoms with Gasteiger partial charge in [-0.05, 0) is 36.6 Å². The highest BCUT2D eigenvalue weighted by molar-refractivity contribution is 5.78. The van der Waals surface area contributed by atoms with Crippen molar-refractivity contribution in [1.82, 2.24) is 14.5 Å². The molecule has 1 atom stereocenters. The Hall–Kier alpha value is -2.60. The summed E-state index contributed by atoms with van der Waals surface area (Å²) in [6, 6.07) is 9.79. The number of aromatic nitrogens is 3. The molecular formula is C18H19N3O3. The summed E-state index contributed by atoms with van der Waals surface area (Å²) in [6.45, 7) is 1.33. The zero-order valence-corrected chi connectivity index (χ0v) is 13.5. The van der Waals surface area contributed by atoms with Gasteiger partial charge in [-0.15, -0.1) is 0 Å². The molecule has 0 saturated carbocycles. The topological polar surface area (TPSA) is 69.1 Å². The van der Waals surface area contributed by atoms with Crippen molar-refractivity contribution in [3.63, 3.8) is 0 Å². The van der Waals surface area contributed by atoms with E-state index in [0.29, 0.717) is 12.2 Å². The summed E-state index contributed by atoms with van der Waals surface area (Å²) in [4.78, 5) is 19.5. The molecule has 1 aromatic carbocycles. The lowest BCUT2D eigenvalue weighted by molar-refractivity contribution is 0.0972. The second-order valence-electron chi connectivity index (χ2n) is 6.00. The minimum absolute atomic E-state index is 0.0992. The van der Waals surface area contributed by atoms with E-state index < -0.39 is 0 Å². The van der Waals surface area contributed by atoms with Gasteiger partial charge in [-0.25, -0.2) is 9.78 Å². The van der Waals surface area contributed by atoms with Gasteiger partial charge in [0.25, 0.3) is 0 Å². The Balaban J connectivity index is 1.77. The van der Waals surface area contributed by atoms with E-state index >= 15 is 0 Å². The van der Waals surface area contributed by atoms with Crippen molar-refractivity contribution in [3.05, 3.63) is 47.0 Å². The van der Waals surface area contributed by atoms with E-state index in [-0.39, 0.29) is 11.8 Å². The molecule has 1 aliphatic heterocycles. The molecule has 1 saturated heterocycles. The number of methoxy groups -OCH3 is 1. The Bertz CT molecular complexity index is 923. The maximum atomic E-state index is 12.3. The molecule has 3 aromatic rings. The molecule has 0 radical (unpaired) electrons. The summed E-state index contributed by atoms with van der Waals surface area (Å²) in [5.41, 5.74) is 3.21. The molecule has 1 N–H and O–H groups in total. The van der Waals surface area contributed by atoms with Gasteiger partial charge in [-0.3, -0.25) is 9.55 Å². The minimum Gasteiger partial charge on any atom is -0.497 e. The number of nitrogens with zero attached hydrogens (tertiary/aromatic N) is 2. The highest BCUT2D eigenvalue weighted by Crippen LogP contribution is 2.25. The number of hydrogen-bond acceptors (Lipinski definition) is 4. The van der Waals surface area contributed by atoms with Crippen LogP contribution in [0.1, 0.15) is 12.8 Å². The lowest BCUT2D eigenvalue weighted by Crippen LogP contribution is -2.24. The zero-order valence-electron chi connectivity index (χ0n) is 13.5. The smallest absolute Gasteiger partial charge is 0.327 e. The molecule has 6 nitrogen and oxygen atoms in total. The largest absolute Gasteiger partial charge is 0.497 e. The molecule has 0 spiro atoms. The number of pyridine rings is 1. The summed E-state index contributed by atoms with van der Waals surface area (Å²) in [5, 5.41) is 0. The molecule has 4 rings (SSSR count). The van der Waals surface area contributed by atoms with Crippen LogP contribution >= 0.6 is 0 Å². The quantitative estimate of drug-likeness (QED) is 0.800. The summed E-state index contributed by atoms with van der Waals surface area (Å²) in [5.74, 6) is 0.790. The molecule has 1 unspecified atom stereocenters. The van der Waals surface area contributed by atoms with Crippen LogP contribution in [0.4, 0.5) is 0 Å². The van der Waals surface area contributed by atoms with E-state index in [2.05, 4.69) is 9.97 Å². The van der Waals surface area contributed by atoms with Crippen molar-refractivity contribution >= 4 is 11.2 Å². The van der Waals surface area contributed by atoms with Gasteiger partial charge >= 0.3 is 5.69 Å². The van der Waals surface area contributed by atoms with Gasteiger partial charge in [0, 0.05) is 18.4 Å². The van der Waals surface area contributed by atoms with Crippen LogP contribution in [-0.2, 0) is 11.3 Å². The van der Waals surface area contributed by atoms with Crippen LogP contribution in [0.2, 0.25) is 0 Å². The second-order valence-corrected chi connectivity index (χ2v) is 6.00. The fraction of sp³-hybridized carbons (Fsp3) is 0.333. The lowest BCUT2D eigenvalue weighted by atomic mass is 10.1. The maximum Gasteiger partial charge on any atom is 0.327 e. The van der Waals surface area contributed by atoms with Crippen LogP contribution in [0.15, 0.2) is 41.3 Å². The molecule has 0 bridgehead atoms. The number of rotatable bonds is 4. The summed E-state index contributed by atoms with van der Waals surface area (Å²) in [7, 11) is 1.64. The Kier molecular flexibility index (Phi) is 3.82. The highest BCUT2D eigenvalue weighted by atomic mass is 16.5. The van der Waals surface area contributed by atoms with Crippen molar-refractivity contribution in [3.8, 4) is 16.9 Å². The molecule has 2 aromatic heterocycles. The number of ether oxygens (including phenoxy) is 2. The second kappa shape index (κ2) is 6.13. The average Bonchev–Trinajstić information content (AvgIpc) is 3.23. The minimum atomic E-state index is -0.143. The van der Waals surface area contributed by atoms with Gasteiger partial charge in [-0.2, -0.15) is 0 Å². The number of benzene rings is 1. The third-order valence-corrected chi connectivity index (χ3v) is 4.44. The highest BCUT2D eigenvalue weighted by Gasteiger charge is 2.19. The predicted octanol–water partition coefficient (Wildman–Crippen LogP) is 2.58. The standard InChI is InChI=1S/C18H19N3O3/c1-23-14-5-2-4-12(8-14)13-9-16-17(19-10-13)20-18(22)21(16)11-15-6-3-7-24-15/h2,4-5,8-10,15H,3,6-7,11H2,1H3,(H,19,20,22). The maximum absolute atomic E-state index is 12.3. The van der Waals surface area contributed by atoms with E-state index in [9.17, 15) is 4.79 Å². The number of hydrogen-bond donors (Lipinski definition) is 1. The first kappa shape index (κ1) is 15.0. The zero-order chi connectivity index (χ0) is 16.5. The van der Waals surface area contributed by atoms with E-state index in [4.69, 9.17) is 9.47 Å². The summed E-state index contributed by atoms with van der Waals surface area (Å²) >= 11 is 0. The fourth-order valence-electron chi connectivity index (χ4n) is 3.17. The predicted molar refractivity (Wildman–Crippen MR) is 91.3 cm³/mol. The van der Waals surface area contributed by atoms with Gasteiger partial charge in [0.05, 0.1) is 25.3 Å². The normalized spacial score (nSPS) is 17.5. The van der Waals surface area contributed by atoms with Crippen molar-refractivity contribution in [2.24, 2.45) is 0 Å². The first-order chi connectivity index (χ1) is 11.7. The van der Waals surface area contributed by atoms with Crippen molar-refractivity contribution < 1.29 is 9.47 Å². The molecule has 0 amide bonds. The molecule has 124 valence electrons. The number of nitrogens with one attached hydrogen (secondary N) is 1. The van der Waals surface area contributed by atoms with Gasteiger partial charge < -0.3 is 9.47 Å². The number of aromatic amines is 1. The fourth-order valence-corrected chi connectivity index (χ4v) is 3.17. The number of fused-ring (bicyclic) bond motifs is 1. The van der Waals surface area contributed by atoms with Crippen molar-refractivity contribution in [2.75, 3.05) is 13.7 Å². The first-order valence-corrected chi connectivity index (χ1v) is 8.09. The molecule has 3 heterocycles. The Morgan fingerprint density at radius 3 is 3.08 bits per heavy atom. The van der Waals surface area contributed by atoms with Crippen molar-refractivity contribution in [2.45, 2.75) is 25.5 Å². The Morgan fingerprint density at radius 2 is 2.29 bits per heavy atom. The van der Waals surface area contributed by atoms with Crippen LogP contribution in [0.3, 0.4) is 0 Å². The van der Waals surface area contributed by atoms with Crippen LogP contribution in [0.25, 0.3) is 22.3 Å². The molecular weight excluding hydrogens is 306 g/mol. The molecule has 24 heavy (non-hydrogen) atoms. The van der Waals surface area contributed by atoms with E-state index in [0.717, 1.165) is 41.8 Å². The Morgan fingerprint density at radius 1 is 1.38 bits per heavy atom. The third-order valence-electron chi connectivity index (χ3n) is 4.44. The van der Waals surface area contributed by atoms with Crippen LogP contribution < -0.4 is 10.4 Å². The van der Waals surface area contributed by atoms with E-state index in [1.807, 2.05) is 30.3 Å². The van der Waals surface area contributed by atoms with Crippen molar-refractivity contribution in [1.29, 1.82) is 0 Å². The number of H-pyrrole nitrogens is 1. The SMILES string of the molecule is COc1cccc(-c2cnc3[nH]c(=O)n(CC4CCCO4)c3c2)c1. The van der Waals surface area contributed by atoms with Gasteiger partial charge in [0.1, 0.15) is 5.75 Å². The summed E-state index contributed by atoms with van der Waals surface area (Å²) in [6.07, 6.45) is 3.91.